The molecular weight excluding hydrogens is 445 g/mol. The summed E-state index contributed by atoms with van der Waals surface area (Å²) in [5.41, 5.74) is 8.87. The molecule has 0 unspecified atom stereocenters. The molecule has 9 heteroatoms. The molecule has 2 aliphatic rings. The Morgan fingerprint density at radius 3 is 2.60 bits per heavy atom. The Balaban J connectivity index is 1.38. The normalized spacial score (nSPS) is 16.9. The number of rotatable bonds is 8. The standard InChI is InChI=1S/C26H34FN7O/c1-3-20-24(28)29-17-30-26(20)33-11-7-18(8-12-33)25-31-22(16-34(25)14-13-32-9-4-10-32)19-5-6-21(27)23(15-19)35-2/h5-6,15-18H,3-4,7-14H2,1-2H3,(H2,28,29,30). The quantitative estimate of drug-likeness (QED) is 0.527. The number of nitrogens with two attached hydrogens (primary N) is 1. The molecule has 0 bridgehead atoms. The topological polar surface area (TPSA) is 85.3 Å². The van der Waals surface area contributed by atoms with Crippen molar-refractivity contribution < 1.29 is 9.13 Å². The van der Waals surface area contributed by atoms with Crippen LogP contribution in [0.2, 0.25) is 0 Å². The van der Waals surface area contributed by atoms with Gasteiger partial charge in [-0.25, -0.2) is 19.3 Å². The zero-order valence-corrected chi connectivity index (χ0v) is 20.6. The van der Waals surface area contributed by atoms with Crippen molar-refractivity contribution in [2.75, 3.05) is 50.5 Å². The Hall–Kier alpha value is -3.20. The first kappa shape index (κ1) is 23.5. The predicted octanol–water partition coefficient (Wildman–Crippen LogP) is 3.72. The van der Waals surface area contributed by atoms with Crippen molar-refractivity contribution in [3.63, 3.8) is 0 Å². The van der Waals surface area contributed by atoms with Gasteiger partial charge in [0.1, 0.15) is 23.8 Å². The molecule has 0 spiro atoms. The molecule has 0 amide bonds. The molecule has 2 fully saturated rings. The van der Waals surface area contributed by atoms with Crippen LogP contribution < -0.4 is 15.4 Å². The second-order valence-corrected chi connectivity index (χ2v) is 9.40. The molecule has 5 rings (SSSR count). The molecule has 0 aliphatic carbocycles. The highest BCUT2D eigenvalue weighted by Crippen LogP contribution is 2.34. The Bertz CT molecular complexity index is 1170. The maximum atomic E-state index is 14.0. The van der Waals surface area contributed by atoms with Gasteiger partial charge in [-0.05, 0) is 57.0 Å². The van der Waals surface area contributed by atoms with Gasteiger partial charge in [0.25, 0.3) is 0 Å². The number of ether oxygens (including phenoxy) is 1. The van der Waals surface area contributed by atoms with E-state index in [1.807, 2.05) is 0 Å². The van der Waals surface area contributed by atoms with Crippen molar-refractivity contribution >= 4 is 11.6 Å². The lowest BCUT2D eigenvalue weighted by atomic mass is 9.95. The van der Waals surface area contributed by atoms with Crippen molar-refractivity contribution in [2.24, 2.45) is 0 Å². The average molecular weight is 480 g/mol. The van der Waals surface area contributed by atoms with E-state index in [1.165, 1.54) is 32.7 Å². The Morgan fingerprint density at radius 1 is 1.11 bits per heavy atom. The molecule has 2 saturated heterocycles. The zero-order chi connectivity index (χ0) is 24.4. The van der Waals surface area contributed by atoms with Gasteiger partial charge in [-0.3, -0.25) is 0 Å². The lowest BCUT2D eigenvalue weighted by Crippen LogP contribution is -2.39. The van der Waals surface area contributed by atoms with E-state index in [0.29, 0.717) is 11.7 Å². The van der Waals surface area contributed by atoms with Crippen LogP contribution >= 0.6 is 0 Å². The van der Waals surface area contributed by atoms with Gasteiger partial charge in [0, 0.05) is 49.4 Å². The highest BCUT2D eigenvalue weighted by atomic mass is 19.1. The number of nitrogens with zero attached hydrogens (tertiary/aromatic N) is 6. The maximum Gasteiger partial charge on any atom is 0.165 e. The summed E-state index contributed by atoms with van der Waals surface area (Å²) in [6.07, 6.45) is 7.74. The number of imidazole rings is 1. The highest BCUT2D eigenvalue weighted by molar-refractivity contribution is 5.61. The number of benzene rings is 1. The number of halogens is 1. The monoisotopic (exact) mass is 479 g/mol. The van der Waals surface area contributed by atoms with Crippen LogP contribution in [0.3, 0.4) is 0 Å². The minimum atomic E-state index is -0.363. The molecule has 186 valence electrons. The summed E-state index contributed by atoms with van der Waals surface area (Å²) in [5.74, 6) is 2.87. The van der Waals surface area contributed by atoms with Gasteiger partial charge < -0.3 is 24.8 Å². The number of hydrogen-bond donors (Lipinski definition) is 1. The van der Waals surface area contributed by atoms with Gasteiger partial charge in [0.05, 0.1) is 12.8 Å². The van der Waals surface area contributed by atoms with Crippen LogP contribution in [0.1, 0.15) is 43.5 Å². The third-order valence-corrected chi connectivity index (χ3v) is 7.33. The summed E-state index contributed by atoms with van der Waals surface area (Å²) in [4.78, 5) is 18.6. The first-order valence-corrected chi connectivity index (χ1v) is 12.5. The largest absolute Gasteiger partial charge is 0.494 e. The molecule has 35 heavy (non-hydrogen) atoms. The minimum Gasteiger partial charge on any atom is -0.494 e. The van der Waals surface area contributed by atoms with Crippen LogP contribution in [0.4, 0.5) is 16.0 Å². The number of aromatic nitrogens is 4. The fraction of sp³-hybridized carbons (Fsp3) is 0.500. The van der Waals surface area contributed by atoms with Crippen molar-refractivity contribution in [2.45, 2.75) is 45.1 Å². The van der Waals surface area contributed by atoms with Crippen LogP contribution in [0.25, 0.3) is 11.3 Å². The Labute approximate surface area is 205 Å². The molecule has 2 aliphatic heterocycles. The summed E-state index contributed by atoms with van der Waals surface area (Å²) in [5, 5.41) is 0. The molecule has 4 heterocycles. The number of methoxy groups -OCH3 is 1. The van der Waals surface area contributed by atoms with E-state index in [4.69, 9.17) is 15.5 Å². The van der Waals surface area contributed by atoms with E-state index in [1.54, 1.807) is 18.5 Å². The smallest absolute Gasteiger partial charge is 0.165 e. The summed E-state index contributed by atoms with van der Waals surface area (Å²) < 4.78 is 21.5. The van der Waals surface area contributed by atoms with E-state index < -0.39 is 0 Å². The number of anilines is 2. The van der Waals surface area contributed by atoms with Gasteiger partial charge in [0.2, 0.25) is 0 Å². The van der Waals surface area contributed by atoms with Gasteiger partial charge in [0.15, 0.2) is 11.6 Å². The van der Waals surface area contributed by atoms with Crippen molar-refractivity contribution in [1.29, 1.82) is 0 Å². The van der Waals surface area contributed by atoms with Gasteiger partial charge in [-0.15, -0.1) is 0 Å². The van der Waals surface area contributed by atoms with E-state index in [9.17, 15) is 4.39 Å². The number of nitrogen functional groups attached to an aromatic ring is 1. The summed E-state index contributed by atoms with van der Waals surface area (Å²) >= 11 is 0. The average Bonchev–Trinajstić information content (AvgIpc) is 3.27. The van der Waals surface area contributed by atoms with Crippen molar-refractivity contribution in [3.8, 4) is 17.0 Å². The summed E-state index contributed by atoms with van der Waals surface area (Å²) in [7, 11) is 1.49. The number of hydrogen-bond acceptors (Lipinski definition) is 7. The lowest BCUT2D eigenvalue weighted by Gasteiger charge is -2.34. The molecule has 3 aromatic rings. The van der Waals surface area contributed by atoms with Crippen LogP contribution in [-0.4, -0.2) is 64.3 Å². The lowest BCUT2D eigenvalue weighted by molar-refractivity contribution is 0.173. The zero-order valence-electron chi connectivity index (χ0n) is 20.6. The molecular formula is C26H34FN7O. The predicted molar refractivity (Wildman–Crippen MR) is 135 cm³/mol. The molecule has 0 atom stereocenters. The van der Waals surface area contributed by atoms with Crippen LogP contribution in [0, 0.1) is 5.82 Å². The van der Waals surface area contributed by atoms with E-state index in [-0.39, 0.29) is 11.6 Å². The van der Waals surface area contributed by atoms with Crippen molar-refractivity contribution in [1.82, 2.24) is 24.4 Å². The van der Waals surface area contributed by atoms with E-state index in [2.05, 4.69) is 37.5 Å². The minimum absolute atomic E-state index is 0.239. The third kappa shape index (κ3) is 4.82. The van der Waals surface area contributed by atoms with E-state index in [0.717, 1.165) is 73.9 Å². The van der Waals surface area contributed by atoms with Crippen LogP contribution in [-0.2, 0) is 13.0 Å². The maximum absolute atomic E-state index is 14.0. The molecule has 2 N–H and O–H groups in total. The first-order chi connectivity index (χ1) is 17.1. The number of likely N-dealkylation sites (tertiary alicyclic amines) is 1. The molecule has 2 aromatic heterocycles. The fourth-order valence-electron chi connectivity index (χ4n) is 5.13. The second kappa shape index (κ2) is 10.2. The summed E-state index contributed by atoms with van der Waals surface area (Å²) in [6.45, 7) is 8.15. The Kier molecular flexibility index (Phi) is 6.86. The third-order valence-electron chi connectivity index (χ3n) is 7.33. The Morgan fingerprint density at radius 2 is 1.91 bits per heavy atom. The van der Waals surface area contributed by atoms with Crippen LogP contribution in [0.5, 0.6) is 5.75 Å². The summed E-state index contributed by atoms with van der Waals surface area (Å²) in [6, 6.07) is 4.96. The fourth-order valence-corrected chi connectivity index (χ4v) is 5.13. The molecule has 8 nitrogen and oxygen atoms in total. The van der Waals surface area contributed by atoms with Crippen LogP contribution in [0.15, 0.2) is 30.7 Å². The molecule has 0 saturated carbocycles. The van der Waals surface area contributed by atoms with Gasteiger partial charge in [-0.2, -0.15) is 0 Å². The van der Waals surface area contributed by atoms with Crippen molar-refractivity contribution in [3.05, 3.63) is 47.9 Å². The first-order valence-electron chi connectivity index (χ1n) is 12.5. The molecule has 1 aromatic carbocycles. The SMILES string of the molecule is CCc1c(N)ncnc1N1CCC(c2nc(-c3ccc(F)c(OC)c3)cn2CCN2CCC2)CC1. The number of piperidine rings is 1. The highest BCUT2D eigenvalue weighted by Gasteiger charge is 2.28. The molecule has 0 radical (unpaired) electrons. The van der Waals surface area contributed by atoms with E-state index >= 15 is 0 Å². The van der Waals surface area contributed by atoms with Gasteiger partial charge in [-0.1, -0.05) is 6.92 Å². The van der Waals surface area contributed by atoms with Gasteiger partial charge >= 0.3 is 0 Å². The second-order valence-electron chi connectivity index (χ2n) is 9.40.